The first kappa shape index (κ1) is 16.8. The van der Waals surface area contributed by atoms with Gasteiger partial charge in [0.1, 0.15) is 0 Å². The number of hydrogen-bond donors (Lipinski definition) is 1. The van der Waals surface area contributed by atoms with Crippen LogP contribution in [0.1, 0.15) is 12.5 Å². The van der Waals surface area contributed by atoms with Gasteiger partial charge < -0.3 is 4.74 Å². The van der Waals surface area contributed by atoms with Crippen molar-refractivity contribution in [3.63, 3.8) is 0 Å². The van der Waals surface area contributed by atoms with Crippen molar-refractivity contribution in [1.29, 1.82) is 0 Å². The molecule has 0 aliphatic carbocycles. The maximum atomic E-state index is 11.8. The van der Waals surface area contributed by atoms with Crippen LogP contribution in [0, 0.1) is 0 Å². The van der Waals surface area contributed by atoms with Crippen molar-refractivity contribution >= 4 is 35.2 Å². The first-order valence-electron chi connectivity index (χ1n) is 5.88. The summed E-state index contributed by atoms with van der Waals surface area (Å²) in [6, 6.07) is 4.77. The fourth-order valence-corrected chi connectivity index (χ4v) is 1.84. The van der Waals surface area contributed by atoms with Gasteiger partial charge in [0.2, 0.25) is 5.91 Å². The quantitative estimate of drug-likeness (QED) is 0.927. The molecule has 0 heterocycles. The molecular formula is C13H16Cl2N2O3. The number of ether oxygens (including phenoxy) is 1. The summed E-state index contributed by atoms with van der Waals surface area (Å²) in [6.45, 7) is 2.18. The number of benzene rings is 1. The van der Waals surface area contributed by atoms with Gasteiger partial charge >= 0.3 is 6.09 Å². The molecule has 1 N–H and O–H groups in total. The smallest absolute Gasteiger partial charge is 0.413 e. The van der Waals surface area contributed by atoms with Gasteiger partial charge in [0.05, 0.1) is 23.2 Å². The highest BCUT2D eigenvalue weighted by molar-refractivity contribution is 6.42. The molecule has 1 aromatic carbocycles. The van der Waals surface area contributed by atoms with Gasteiger partial charge in [0, 0.05) is 6.54 Å². The van der Waals surface area contributed by atoms with Crippen LogP contribution in [-0.2, 0) is 16.1 Å². The topological polar surface area (TPSA) is 58.6 Å². The van der Waals surface area contributed by atoms with Gasteiger partial charge in [0.25, 0.3) is 0 Å². The molecule has 0 radical (unpaired) electrons. The van der Waals surface area contributed by atoms with E-state index in [2.05, 4.69) is 10.1 Å². The van der Waals surface area contributed by atoms with E-state index in [9.17, 15) is 9.59 Å². The van der Waals surface area contributed by atoms with Crippen LogP contribution >= 0.6 is 23.2 Å². The van der Waals surface area contributed by atoms with Crippen molar-refractivity contribution in [2.75, 3.05) is 14.2 Å². The molecule has 0 aromatic heterocycles. The minimum absolute atomic E-state index is 0.431. The Balaban J connectivity index is 2.65. The van der Waals surface area contributed by atoms with Gasteiger partial charge in [-0.25, -0.2) is 4.79 Å². The van der Waals surface area contributed by atoms with E-state index in [0.29, 0.717) is 16.6 Å². The van der Waals surface area contributed by atoms with E-state index in [1.165, 1.54) is 7.11 Å². The maximum absolute atomic E-state index is 11.8. The molecule has 1 atom stereocenters. The SMILES string of the molecule is COC(=O)NC(=O)[C@H](C)N(C)Cc1ccc(Cl)c(Cl)c1. The summed E-state index contributed by atoms with van der Waals surface area (Å²) < 4.78 is 4.38. The first-order valence-corrected chi connectivity index (χ1v) is 6.63. The Hall–Kier alpha value is -1.30. The normalized spacial score (nSPS) is 12.1. The molecule has 110 valence electrons. The van der Waals surface area contributed by atoms with Gasteiger partial charge in [0.15, 0.2) is 0 Å². The second-order valence-corrected chi connectivity index (χ2v) is 5.13. The van der Waals surface area contributed by atoms with Crippen LogP contribution in [-0.4, -0.2) is 37.1 Å². The van der Waals surface area contributed by atoms with E-state index >= 15 is 0 Å². The number of amides is 2. The van der Waals surface area contributed by atoms with E-state index in [0.717, 1.165) is 5.56 Å². The standard InChI is InChI=1S/C13H16Cl2N2O3/c1-8(12(18)16-13(19)20-3)17(2)7-9-4-5-10(14)11(15)6-9/h4-6,8H,7H2,1-3H3,(H,16,18,19)/t8-/m0/s1. The second-order valence-electron chi connectivity index (χ2n) is 4.32. The average Bonchev–Trinajstić information content (AvgIpc) is 2.41. The number of likely N-dealkylation sites (N-methyl/N-ethyl adjacent to an activating group) is 1. The third-order valence-corrected chi connectivity index (χ3v) is 3.61. The summed E-state index contributed by atoms with van der Waals surface area (Å²) in [6.07, 6.45) is -0.773. The second kappa shape index (κ2) is 7.47. The van der Waals surface area contributed by atoms with Crippen LogP contribution in [0.5, 0.6) is 0 Å². The molecule has 0 aliphatic rings. The molecule has 0 aliphatic heterocycles. The molecule has 0 spiro atoms. The zero-order valence-corrected chi connectivity index (χ0v) is 13.0. The number of hydrogen-bond acceptors (Lipinski definition) is 4. The molecule has 2 amide bonds. The molecule has 0 saturated heterocycles. The van der Waals surface area contributed by atoms with Crippen molar-refractivity contribution in [3.05, 3.63) is 33.8 Å². The number of imide groups is 1. The number of nitrogens with zero attached hydrogens (tertiary/aromatic N) is 1. The number of carbonyl (C=O) groups excluding carboxylic acids is 2. The molecule has 0 fully saturated rings. The summed E-state index contributed by atoms with van der Waals surface area (Å²) in [5.74, 6) is -0.431. The molecule has 0 saturated carbocycles. The summed E-state index contributed by atoms with van der Waals surface area (Å²) in [5.41, 5.74) is 0.916. The minimum Gasteiger partial charge on any atom is -0.453 e. The van der Waals surface area contributed by atoms with Crippen molar-refractivity contribution in [2.45, 2.75) is 19.5 Å². The van der Waals surface area contributed by atoms with Crippen LogP contribution in [0.2, 0.25) is 10.0 Å². The number of alkyl carbamates (subject to hydrolysis) is 1. The lowest BCUT2D eigenvalue weighted by atomic mass is 10.2. The van der Waals surface area contributed by atoms with Crippen molar-refractivity contribution in [1.82, 2.24) is 10.2 Å². The Bertz CT molecular complexity index is 508. The van der Waals surface area contributed by atoms with E-state index in [4.69, 9.17) is 23.2 Å². The number of methoxy groups -OCH3 is 1. The molecule has 1 aromatic rings. The molecule has 0 unspecified atom stereocenters. The van der Waals surface area contributed by atoms with Gasteiger partial charge in [-0.3, -0.25) is 15.0 Å². The van der Waals surface area contributed by atoms with Crippen molar-refractivity contribution in [3.8, 4) is 0 Å². The Morgan fingerprint density at radius 2 is 2.00 bits per heavy atom. The highest BCUT2D eigenvalue weighted by atomic mass is 35.5. The number of carbonyl (C=O) groups is 2. The molecular weight excluding hydrogens is 303 g/mol. The van der Waals surface area contributed by atoms with Crippen molar-refractivity contribution in [2.24, 2.45) is 0 Å². The van der Waals surface area contributed by atoms with E-state index in [1.54, 1.807) is 31.0 Å². The van der Waals surface area contributed by atoms with Gasteiger partial charge in [-0.2, -0.15) is 0 Å². The Kier molecular flexibility index (Phi) is 6.26. The van der Waals surface area contributed by atoms with Crippen molar-refractivity contribution < 1.29 is 14.3 Å². The molecule has 20 heavy (non-hydrogen) atoms. The summed E-state index contributed by atoms with van der Waals surface area (Å²) in [7, 11) is 2.97. The third kappa shape index (κ3) is 4.67. The summed E-state index contributed by atoms with van der Waals surface area (Å²) in [5, 5.41) is 3.07. The molecule has 1 rings (SSSR count). The predicted molar refractivity (Wildman–Crippen MR) is 77.9 cm³/mol. The lowest BCUT2D eigenvalue weighted by Crippen LogP contribution is -2.45. The van der Waals surface area contributed by atoms with Crippen LogP contribution < -0.4 is 5.32 Å². The lowest BCUT2D eigenvalue weighted by molar-refractivity contribution is -0.124. The minimum atomic E-state index is -0.773. The zero-order valence-electron chi connectivity index (χ0n) is 11.4. The number of nitrogens with one attached hydrogen (secondary N) is 1. The molecule has 7 heteroatoms. The van der Waals surface area contributed by atoms with Crippen LogP contribution in [0.15, 0.2) is 18.2 Å². The Morgan fingerprint density at radius 1 is 1.35 bits per heavy atom. The molecule has 5 nitrogen and oxygen atoms in total. The highest BCUT2D eigenvalue weighted by Crippen LogP contribution is 2.23. The van der Waals surface area contributed by atoms with E-state index in [1.807, 2.05) is 6.07 Å². The third-order valence-electron chi connectivity index (χ3n) is 2.87. The van der Waals surface area contributed by atoms with Gasteiger partial charge in [-0.1, -0.05) is 29.3 Å². The highest BCUT2D eigenvalue weighted by Gasteiger charge is 2.20. The summed E-state index contributed by atoms with van der Waals surface area (Å²) >= 11 is 11.8. The maximum Gasteiger partial charge on any atom is 0.413 e. The zero-order chi connectivity index (χ0) is 15.3. The molecule has 0 bridgehead atoms. The fourth-order valence-electron chi connectivity index (χ4n) is 1.52. The Morgan fingerprint density at radius 3 is 2.55 bits per heavy atom. The van der Waals surface area contributed by atoms with E-state index < -0.39 is 18.0 Å². The monoisotopic (exact) mass is 318 g/mol. The van der Waals surface area contributed by atoms with Crippen LogP contribution in [0.25, 0.3) is 0 Å². The van der Waals surface area contributed by atoms with E-state index in [-0.39, 0.29) is 0 Å². The van der Waals surface area contributed by atoms with Crippen LogP contribution in [0.3, 0.4) is 0 Å². The number of halogens is 2. The predicted octanol–water partition coefficient (Wildman–Crippen LogP) is 2.70. The number of rotatable bonds is 4. The lowest BCUT2D eigenvalue weighted by Gasteiger charge is -2.23. The first-order chi connectivity index (χ1) is 9.35. The average molecular weight is 319 g/mol. The van der Waals surface area contributed by atoms with Gasteiger partial charge in [-0.15, -0.1) is 0 Å². The fraction of sp³-hybridized carbons (Fsp3) is 0.385. The van der Waals surface area contributed by atoms with Gasteiger partial charge in [-0.05, 0) is 31.7 Å². The van der Waals surface area contributed by atoms with Crippen LogP contribution in [0.4, 0.5) is 4.79 Å². The summed E-state index contributed by atoms with van der Waals surface area (Å²) in [4.78, 5) is 24.5. The largest absolute Gasteiger partial charge is 0.453 e. The Labute approximate surface area is 127 Å².